The summed E-state index contributed by atoms with van der Waals surface area (Å²) in [5.74, 6) is 1.13. The van der Waals surface area contributed by atoms with Crippen LogP contribution in [0.25, 0.3) is 0 Å². The smallest absolute Gasteiger partial charge is 0.107 e. The molecule has 0 spiro atoms. The number of nitrogens with one attached hydrogen (secondary N) is 1. The summed E-state index contributed by atoms with van der Waals surface area (Å²) in [6, 6.07) is 3.93. The summed E-state index contributed by atoms with van der Waals surface area (Å²) in [5.41, 5.74) is 0.368. The number of aromatic nitrogens is 1. The van der Waals surface area contributed by atoms with Crippen molar-refractivity contribution >= 4 is 0 Å². The molecule has 0 radical (unpaired) electrons. The fraction of sp³-hybridized carbons (Fsp3) is 0.636. The van der Waals surface area contributed by atoms with Gasteiger partial charge < -0.3 is 10.1 Å². The zero-order valence-corrected chi connectivity index (χ0v) is 8.25. The minimum absolute atomic E-state index is 0.455. The number of hydrogen-bond acceptors (Lipinski definition) is 1. The van der Waals surface area contributed by atoms with Gasteiger partial charge >= 0.3 is 0 Å². The zero-order chi connectivity index (χ0) is 9.47. The molecular formula is C11H17NO. The van der Waals surface area contributed by atoms with Crippen molar-refractivity contribution < 1.29 is 5.11 Å². The van der Waals surface area contributed by atoms with Gasteiger partial charge in [0, 0.05) is 11.9 Å². The first-order valence-electron chi connectivity index (χ1n) is 5.04. The quantitative estimate of drug-likeness (QED) is 0.733. The number of hydrogen-bond donors (Lipinski definition) is 2. The average molecular weight is 179 g/mol. The second-order valence-corrected chi connectivity index (χ2v) is 4.18. The molecule has 1 aromatic heterocycles. The van der Waals surface area contributed by atoms with Crippen LogP contribution in [0.15, 0.2) is 18.3 Å². The molecule has 13 heavy (non-hydrogen) atoms. The largest absolute Gasteiger partial charge is 0.383 e. The Morgan fingerprint density at radius 3 is 2.77 bits per heavy atom. The van der Waals surface area contributed by atoms with Crippen LogP contribution in [0.5, 0.6) is 0 Å². The lowest BCUT2D eigenvalue weighted by molar-refractivity contribution is 0.000662. The number of aromatic amines is 1. The molecule has 1 aliphatic rings. The first kappa shape index (κ1) is 8.82. The lowest BCUT2D eigenvalue weighted by atomic mass is 9.90. The second kappa shape index (κ2) is 2.88. The molecule has 72 valence electrons. The van der Waals surface area contributed by atoms with E-state index in [1.54, 1.807) is 0 Å². The van der Waals surface area contributed by atoms with Gasteiger partial charge in [0.2, 0.25) is 0 Å². The summed E-state index contributed by atoms with van der Waals surface area (Å²) in [4.78, 5) is 3.12. The Morgan fingerprint density at radius 1 is 1.69 bits per heavy atom. The van der Waals surface area contributed by atoms with Crippen LogP contribution in [0, 0.1) is 11.8 Å². The van der Waals surface area contributed by atoms with E-state index in [1.807, 2.05) is 25.3 Å². The Bertz CT molecular complexity index is 280. The van der Waals surface area contributed by atoms with Crippen molar-refractivity contribution in [3.63, 3.8) is 0 Å². The fourth-order valence-corrected chi connectivity index (χ4v) is 2.24. The summed E-state index contributed by atoms with van der Waals surface area (Å²) >= 11 is 0. The van der Waals surface area contributed by atoms with Crippen molar-refractivity contribution in [1.29, 1.82) is 0 Å². The van der Waals surface area contributed by atoms with E-state index in [0.29, 0.717) is 11.8 Å². The van der Waals surface area contributed by atoms with E-state index in [-0.39, 0.29) is 0 Å². The highest BCUT2D eigenvalue weighted by atomic mass is 16.3. The van der Waals surface area contributed by atoms with E-state index in [4.69, 9.17) is 0 Å². The van der Waals surface area contributed by atoms with Crippen LogP contribution in [0.2, 0.25) is 0 Å². The Kier molecular flexibility index (Phi) is 1.95. The Hall–Kier alpha value is -0.760. The Balaban J connectivity index is 2.25. The number of rotatable bonds is 3. The standard InChI is InChI=1S/C11H17NO/c1-3-11(13,9-7-8(9)2)10-5-4-6-12-10/h4-6,8-9,12-13H,3,7H2,1-2H3. The SMILES string of the molecule is CCC(O)(c1ccc[nH]1)C1CC1C. The van der Waals surface area contributed by atoms with Crippen LogP contribution in [-0.2, 0) is 5.60 Å². The van der Waals surface area contributed by atoms with E-state index in [2.05, 4.69) is 11.9 Å². The molecule has 0 amide bonds. The minimum Gasteiger partial charge on any atom is -0.383 e. The molecule has 2 heteroatoms. The number of H-pyrrole nitrogens is 1. The zero-order valence-electron chi connectivity index (χ0n) is 8.25. The van der Waals surface area contributed by atoms with E-state index in [0.717, 1.165) is 18.5 Å². The molecule has 0 aliphatic heterocycles. The molecular weight excluding hydrogens is 162 g/mol. The molecule has 2 rings (SSSR count). The van der Waals surface area contributed by atoms with Crippen LogP contribution < -0.4 is 0 Å². The Labute approximate surface area is 79.0 Å². The van der Waals surface area contributed by atoms with Gasteiger partial charge in [0.05, 0.1) is 0 Å². The van der Waals surface area contributed by atoms with Crippen LogP contribution in [0.1, 0.15) is 32.4 Å². The van der Waals surface area contributed by atoms with Crippen molar-refractivity contribution in [3.8, 4) is 0 Å². The van der Waals surface area contributed by atoms with Crippen molar-refractivity contribution in [2.24, 2.45) is 11.8 Å². The third kappa shape index (κ3) is 1.29. The summed E-state index contributed by atoms with van der Waals surface area (Å²) < 4.78 is 0. The molecule has 3 atom stereocenters. The maximum Gasteiger partial charge on any atom is 0.107 e. The second-order valence-electron chi connectivity index (χ2n) is 4.18. The molecule has 1 saturated carbocycles. The lowest BCUT2D eigenvalue weighted by Crippen LogP contribution is -2.28. The molecule has 3 unspecified atom stereocenters. The van der Waals surface area contributed by atoms with Crippen LogP contribution >= 0.6 is 0 Å². The molecule has 1 heterocycles. The molecule has 0 aromatic carbocycles. The first-order chi connectivity index (χ1) is 6.18. The maximum absolute atomic E-state index is 10.5. The monoisotopic (exact) mass is 179 g/mol. The molecule has 2 nitrogen and oxygen atoms in total. The third-order valence-corrected chi connectivity index (χ3v) is 3.33. The average Bonchev–Trinajstić information content (AvgIpc) is 2.71. The summed E-state index contributed by atoms with van der Waals surface area (Å²) in [6.07, 6.45) is 3.83. The van der Waals surface area contributed by atoms with Gasteiger partial charge in [-0.1, -0.05) is 13.8 Å². The predicted molar refractivity (Wildman–Crippen MR) is 52.3 cm³/mol. The highest BCUT2D eigenvalue weighted by molar-refractivity contribution is 5.18. The summed E-state index contributed by atoms with van der Waals surface area (Å²) in [7, 11) is 0. The lowest BCUT2D eigenvalue weighted by Gasteiger charge is -2.26. The molecule has 2 N–H and O–H groups in total. The summed E-state index contributed by atoms with van der Waals surface area (Å²) in [5, 5.41) is 10.5. The van der Waals surface area contributed by atoms with Crippen molar-refractivity contribution in [2.75, 3.05) is 0 Å². The van der Waals surface area contributed by atoms with Crippen molar-refractivity contribution in [3.05, 3.63) is 24.0 Å². The van der Waals surface area contributed by atoms with Gasteiger partial charge in [-0.3, -0.25) is 0 Å². The topological polar surface area (TPSA) is 36.0 Å². The molecule has 1 aromatic rings. The van der Waals surface area contributed by atoms with Crippen molar-refractivity contribution in [1.82, 2.24) is 4.98 Å². The highest BCUT2D eigenvalue weighted by Gasteiger charge is 2.49. The van der Waals surface area contributed by atoms with Gasteiger partial charge in [-0.2, -0.15) is 0 Å². The Morgan fingerprint density at radius 2 is 2.38 bits per heavy atom. The van der Waals surface area contributed by atoms with Crippen LogP contribution in [0.3, 0.4) is 0 Å². The highest BCUT2D eigenvalue weighted by Crippen LogP contribution is 2.51. The predicted octanol–water partition coefficient (Wildman–Crippen LogP) is 2.27. The van der Waals surface area contributed by atoms with Gasteiger partial charge in [0.15, 0.2) is 0 Å². The van der Waals surface area contributed by atoms with E-state index >= 15 is 0 Å². The van der Waals surface area contributed by atoms with Gasteiger partial charge in [-0.25, -0.2) is 0 Å². The van der Waals surface area contributed by atoms with E-state index < -0.39 is 5.60 Å². The third-order valence-electron chi connectivity index (χ3n) is 3.33. The number of aliphatic hydroxyl groups is 1. The normalized spacial score (nSPS) is 31.3. The first-order valence-corrected chi connectivity index (χ1v) is 5.04. The van der Waals surface area contributed by atoms with E-state index in [1.165, 1.54) is 0 Å². The van der Waals surface area contributed by atoms with Gasteiger partial charge in [0.25, 0.3) is 0 Å². The minimum atomic E-state index is -0.608. The van der Waals surface area contributed by atoms with Crippen LogP contribution in [-0.4, -0.2) is 10.1 Å². The molecule has 1 fully saturated rings. The van der Waals surface area contributed by atoms with Gasteiger partial charge in [-0.15, -0.1) is 0 Å². The van der Waals surface area contributed by atoms with Crippen LogP contribution in [0.4, 0.5) is 0 Å². The maximum atomic E-state index is 10.5. The molecule has 0 bridgehead atoms. The molecule has 1 aliphatic carbocycles. The van der Waals surface area contributed by atoms with Crippen molar-refractivity contribution in [2.45, 2.75) is 32.3 Å². The summed E-state index contributed by atoms with van der Waals surface area (Å²) in [6.45, 7) is 4.25. The fourth-order valence-electron chi connectivity index (χ4n) is 2.24. The molecule has 0 saturated heterocycles. The van der Waals surface area contributed by atoms with Gasteiger partial charge in [0.1, 0.15) is 5.60 Å². The van der Waals surface area contributed by atoms with Gasteiger partial charge in [-0.05, 0) is 36.8 Å². The van der Waals surface area contributed by atoms with E-state index in [9.17, 15) is 5.11 Å².